The van der Waals surface area contributed by atoms with Gasteiger partial charge in [0.15, 0.2) is 10.9 Å². The smallest absolute Gasteiger partial charge is 0.339 e. The molecule has 0 saturated carbocycles. The number of carbonyl (C=O) groups is 1. The van der Waals surface area contributed by atoms with Crippen LogP contribution in [0.1, 0.15) is 11.1 Å². The summed E-state index contributed by atoms with van der Waals surface area (Å²) in [7, 11) is -2.82. The molecule has 0 atom stereocenters. The molecule has 0 spiro atoms. The Kier molecular flexibility index (Phi) is 8.86. The lowest BCUT2D eigenvalue weighted by atomic mass is 10.1. The van der Waals surface area contributed by atoms with Crippen LogP contribution < -0.4 is 13.8 Å². The topological polar surface area (TPSA) is 85.3 Å². The van der Waals surface area contributed by atoms with Crippen molar-refractivity contribution in [2.75, 3.05) is 12.0 Å². The van der Waals surface area contributed by atoms with E-state index >= 15 is 0 Å². The van der Waals surface area contributed by atoms with E-state index in [2.05, 4.69) is 4.99 Å². The fourth-order valence-electron chi connectivity index (χ4n) is 3.91. The molecule has 1 saturated heterocycles. The van der Waals surface area contributed by atoms with Crippen LogP contribution >= 0.6 is 46.6 Å². The number of methoxy groups -OCH3 is 1. The zero-order valence-corrected chi connectivity index (χ0v) is 25.9. The number of nitrogens with zero attached hydrogens (tertiary/aromatic N) is 2. The van der Waals surface area contributed by atoms with Crippen molar-refractivity contribution in [3.63, 3.8) is 0 Å². The molecule has 1 fully saturated rings. The monoisotopic (exact) mass is 658 g/mol. The Labute approximate surface area is 262 Å². The highest BCUT2D eigenvalue weighted by Crippen LogP contribution is 2.41. The summed E-state index contributed by atoms with van der Waals surface area (Å²) < 4.78 is 36.6. The number of anilines is 1. The third kappa shape index (κ3) is 6.61. The number of aryl methyl sites for hydroxylation is 1. The van der Waals surface area contributed by atoms with Crippen LogP contribution in [-0.4, -0.2) is 26.6 Å². The molecular formula is C30H21Cl3N2O5S2. The normalized spacial score (nSPS) is 15.5. The molecule has 7 nitrogen and oxygen atoms in total. The molecule has 1 aliphatic heterocycles. The number of hydrogen-bond acceptors (Lipinski definition) is 7. The lowest BCUT2D eigenvalue weighted by Crippen LogP contribution is -2.28. The van der Waals surface area contributed by atoms with Crippen LogP contribution in [-0.2, 0) is 14.9 Å². The molecule has 0 N–H and O–H groups in total. The highest BCUT2D eigenvalue weighted by atomic mass is 35.5. The molecule has 12 heteroatoms. The van der Waals surface area contributed by atoms with Crippen molar-refractivity contribution in [3.05, 3.63) is 116 Å². The minimum Gasteiger partial charge on any atom is -0.493 e. The van der Waals surface area contributed by atoms with Crippen molar-refractivity contribution >= 4 is 85.2 Å². The molecular weight excluding hydrogens is 639 g/mol. The first-order valence-corrected chi connectivity index (χ1v) is 15.6. The number of amides is 1. The van der Waals surface area contributed by atoms with E-state index in [1.54, 1.807) is 66.7 Å². The Balaban J connectivity index is 1.51. The highest BCUT2D eigenvalue weighted by molar-refractivity contribution is 8.19. The molecule has 0 bridgehead atoms. The highest BCUT2D eigenvalue weighted by Gasteiger charge is 2.35. The van der Waals surface area contributed by atoms with Crippen molar-refractivity contribution in [2.24, 2.45) is 4.99 Å². The summed E-state index contributed by atoms with van der Waals surface area (Å²) in [6, 6.07) is 23.0. The number of thioether (sulfide) groups is 1. The molecule has 42 heavy (non-hydrogen) atoms. The van der Waals surface area contributed by atoms with Gasteiger partial charge in [0, 0.05) is 10.0 Å². The Morgan fingerprint density at radius 3 is 2.12 bits per heavy atom. The summed E-state index contributed by atoms with van der Waals surface area (Å²) in [6.07, 6.45) is 1.62. The third-order valence-corrected chi connectivity index (χ3v) is 8.98. The maximum absolute atomic E-state index is 13.7. The van der Waals surface area contributed by atoms with E-state index in [9.17, 15) is 13.2 Å². The Morgan fingerprint density at radius 2 is 1.50 bits per heavy atom. The van der Waals surface area contributed by atoms with Gasteiger partial charge in [0.05, 0.1) is 28.4 Å². The zero-order valence-electron chi connectivity index (χ0n) is 22.0. The Bertz CT molecular complexity index is 1820. The average molecular weight is 660 g/mol. The predicted octanol–water partition coefficient (Wildman–Crippen LogP) is 8.54. The predicted molar refractivity (Wildman–Crippen MR) is 170 cm³/mol. The molecule has 1 heterocycles. The minimum absolute atomic E-state index is 0.0167. The Morgan fingerprint density at radius 1 is 0.881 bits per heavy atom. The first kappa shape index (κ1) is 30.0. The molecule has 4 aromatic rings. The van der Waals surface area contributed by atoms with Crippen molar-refractivity contribution < 1.29 is 22.1 Å². The minimum atomic E-state index is -4.19. The lowest BCUT2D eigenvalue weighted by molar-refractivity contribution is -0.113. The third-order valence-electron chi connectivity index (χ3n) is 5.99. The second-order valence-corrected chi connectivity index (χ2v) is 12.8. The first-order valence-electron chi connectivity index (χ1n) is 12.3. The van der Waals surface area contributed by atoms with Gasteiger partial charge in [-0.15, -0.1) is 0 Å². The van der Waals surface area contributed by atoms with Gasteiger partial charge < -0.3 is 8.92 Å². The lowest BCUT2D eigenvalue weighted by Gasteiger charge is -2.15. The molecule has 4 aromatic carbocycles. The van der Waals surface area contributed by atoms with Crippen LogP contribution in [0.4, 0.5) is 11.4 Å². The largest absolute Gasteiger partial charge is 0.493 e. The number of halogens is 3. The van der Waals surface area contributed by atoms with Gasteiger partial charge in [0.1, 0.15) is 4.90 Å². The molecule has 0 unspecified atom stereocenters. The second kappa shape index (κ2) is 12.4. The standard InChI is InChI=1S/C30H21Cl3N2O5S2/c1-18-3-13-24(14-4-18)42(37,38)40-28-25(33)15-19(16-26(28)39-2)17-27-29(36)35(23-11-7-21(32)8-12-23)30(41-27)34-22-9-5-20(31)6-10-22/h3-17H,1-2H3/b27-17-,34-30?. The van der Waals surface area contributed by atoms with Crippen LogP contribution in [0.2, 0.25) is 15.1 Å². The van der Waals surface area contributed by atoms with Gasteiger partial charge in [-0.1, -0.05) is 52.5 Å². The SMILES string of the molecule is COc1cc(/C=C2\SC(=Nc3ccc(Cl)cc3)N(c3ccc(Cl)cc3)C2=O)cc(Cl)c1OS(=O)(=O)c1ccc(C)cc1. The van der Waals surface area contributed by atoms with Crippen LogP contribution in [0, 0.1) is 6.92 Å². The quantitative estimate of drug-likeness (QED) is 0.146. The van der Waals surface area contributed by atoms with Gasteiger partial charge in [-0.25, -0.2) is 4.99 Å². The number of rotatable bonds is 7. The van der Waals surface area contributed by atoms with E-state index in [1.165, 1.54) is 36.3 Å². The molecule has 5 rings (SSSR count). The van der Waals surface area contributed by atoms with E-state index < -0.39 is 10.1 Å². The first-order chi connectivity index (χ1) is 20.0. The van der Waals surface area contributed by atoms with Gasteiger partial charge in [0.2, 0.25) is 5.75 Å². The van der Waals surface area contributed by atoms with Crippen LogP contribution in [0.25, 0.3) is 6.08 Å². The van der Waals surface area contributed by atoms with Gasteiger partial charge in [-0.05, 0) is 103 Å². The van der Waals surface area contributed by atoms with Crippen molar-refractivity contribution in [1.29, 1.82) is 0 Å². The maximum Gasteiger partial charge on any atom is 0.339 e. The number of benzene rings is 4. The fraction of sp³-hybridized carbons (Fsp3) is 0.0667. The van der Waals surface area contributed by atoms with Crippen molar-refractivity contribution in [2.45, 2.75) is 11.8 Å². The van der Waals surface area contributed by atoms with Gasteiger partial charge in [0.25, 0.3) is 5.91 Å². The van der Waals surface area contributed by atoms with Gasteiger partial charge >= 0.3 is 10.1 Å². The van der Waals surface area contributed by atoms with Gasteiger partial charge in [-0.3, -0.25) is 9.69 Å². The summed E-state index contributed by atoms with van der Waals surface area (Å²) in [5, 5.41) is 1.49. The summed E-state index contributed by atoms with van der Waals surface area (Å²) in [6.45, 7) is 1.85. The summed E-state index contributed by atoms with van der Waals surface area (Å²) in [5.41, 5.74) is 2.57. The van der Waals surface area contributed by atoms with E-state index in [4.69, 9.17) is 43.7 Å². The molecule has 214 valence electrons. The molecule has 0 aromatic heterocycles. The number of hydrogen-bond donors (Lipinski definition) is 0. The number of carbonyl (C=O) groups excluding carboxylic acids is 1. The molecule has 1 aliphatic rings. The summed E-state index contributed by atoms with van der Waals surface area (Å²) in [4.78, 5) is 20.1. The van der Waals surface area contributed by atoms with Crippen LogP contribution in [0.15, 0.2) is 99.7 Å². The van der Waals surface area contributed by atoms with E-state index in [1.807, 2.05) is 6.92 Å². The molecule has 0 aliphatic carbocycles. The van der Waals surface area contributed by atoms with Crippen LogP contribution in [0.5, 0.6) is 11.5 Å². The number of aliphatic imine (C=N–C) groups is 1. The summed E-state index contributed by atoms with van der Waals surface area (Å²) >= 11 is 19.8. The van der Waals surface area contributed by atoms with Crippen molar-refractivity contribution in [1.82, 2.24) is 0 Å². The van der Waals surface area contributed by atoms with E-state index in [0.29, 0.717) is 37.1 Å². The van der Waals surface area contributed by atoms with Gasteiger partial charge in [-0.2, -0.15) is 8.42 Å². The number of ether oxygens (including phenoxy) is 1. The zero-order chi connectivity index (χ0) is 30.0. The molecule has 0 radical (unpaired) electrons. The second-order valence-electron chi connectivity index (χ2n) is 8.98. The number of amidine groups is 1. The fourth-order valence-corrected chi connectivity index (χ4v) is 6.42. The van der Waals surface area contributed by atoms with E-state index in [-0.39, 0.29) is 27.3 Å². The van der Waals surface area contributed by atoms with Crippen molar-refractivity contribution in [3.8, 4) is 11.5 Å². The Hall–Kier alpha value is -3.47. The summed E-state index contributed by atoms with van der Waals surface area (Å²) in [5.74, 6) is -0.419. The van der Waals surface area contributed by atoms with E-state index in [0.717, 1.165) is 17.3 Å². The average Bonchev–Trinajstić information content (AvgIpc) is 3.25. The van der Waals surface area contributed by atoms with Crippen LogP contribution in [0.3, 0.4) is 0 Å². The maximum atomic E-state index is 13.7. The molecule has 1 amide bonds.